The third-order valence-corrected chi connectivity index (χ3v) is 4.77. The Morgan fingerprint density at radius 3 is 2.53 bits per heavy atom. The minimum atomic E-state index is 0.140. The Kier molecular flexibility index (Phi) is 5.43. The molecule has 1 aromatic carbocycles. The van der Waals surface area contributed by atoms with E-state index in [1.54, 1.807) is 0 Å². The van der Waals surface area contributed by atoms with Crippen molar-refractivity contribution in [3.05, 3.63) is 34.3 Å². The molecule has 2 N–H and O–H groups in total. The zero-order chi connectivity index (χ0) is 13.8. The van der Waals surface area contributed by atoms with E-state index in [0.717, 1.165) is 4.47 Å². The molecule has 0 bridgehead atoms. The number of nitrogens with two attached hydrogens (primary N) is 1. The molecule has 0 amide bonds. The Bertz CT molecular complexity index is 399. The second-order valence-corrected chi connectivity index (χ2v) is 6.73. The largest absolute Gasteiger partial charge is 0.326 e. The van der Waals surface area contributed by atoms with Gasteiger partial charge in [-0.2, -0.15) is 0 Å². The van der Waals surface area contributed by atoms with Gasteiger partial charge in [0.1, 0.15) is 0 Å². The summed E-state index contributed by atoms with van der Waals surface area (Å²) in [6.45, 7) is 2.12. The first-order chi connectivity index (χ1) is 9.09. The molecule has 2 rings (SSSR count). The van der Waals surface area contributed by atoms with E-state index >= 15 is 0 Å². The number of nitrogens with zero attached hydrogens (tertiary/aromatic N) is 1. The van der Waals surface area contributed by atoms with Gasteiger partial charge < -0.3 is 5.73 Å². The number of hydrogen-bond acceptors (Lipinski definition) is 2. The molecule has 106 valence electrons. The number of hydrogen-bond donors (Lipinski definition) is 1. The molecule has 2 atom stereocenters. The fourth-order valence-electron chi connectivity index (χ4n) is 3.32. The SMILES string of the molecule is CC(N)C(c1cccc(Br)c1)N(C)C1CCCCC1. The molecule has 2 unspecified atom stereocenters. The van der Waals surface area contributed by atoms with Gasteiger partial charge in [-0.25, -0.2) is 0 Å². The van der Waals surface area contributed by atoms with Crippen LogP contribution >= 0.6 is 15.9 Å². The minimum Gasteiger partial charge on any atom is -0.326 e. The molecular formula is C16H25BrN2. The van der Waals surface area contributed by atoms with Gasteiger partial charge in [0.05, 0.1) is 0 Å². The molecule has 0 aliphatic heterocycles. The van der Waals surface area contributed by atoms with Crippen molar-refractivity contribution in [2.75, 3.05) is 7.05 Å². The van der Waals surface area contributed by atoms with Crippen molar-refractivity contribution in [2.24, 2.45) is 5.73 Å². The maximum absolute atomic E-state index is 6.27. The van der Waals surface area contributed by atoms with Crippen LogP contribution in [0.2, 0.25) is 0 Å². The van der Waals surface area contributed by atoms with E-state index < -0.39 is 0 Å². The van der Waals surface area contributed by atoms with Gasteiger partial charge in [-0.15, -0.1) is 0 Å². The Morgan fingerprint density at radius 1 is 1.26 bits per heavy atom. The lowest BCUT2D eigenvalue weighted by molar-refractivity contribution is 0.123. The second kappa shape index (κ2) is 6.87. The van der Waals surface area contributed by atoms with Crippen LogP contribution in [-0.4, -0.2) is 24.0 Å². The summed E-state index contributed by atoms with van der Waals surface area (Å²) in [6.07, 6.45) is 6.74. The first-order valence-electron chi connectivity index (χ1n) is 7.32. The highest BCUT2D eigenvalue weighted by molar-refractivity contribution is 9.10. The van der Waals surface area contributed by atoms with Gasteiger partial charge in [-0.1, -0.05) is 47.3 Å². The number of benzene rings is 1. The summed E-state index contributed by atoms with van der Waals surface area (Å²) < 4.78 is 1.13. The van der Waals surface area contributed by atoms with E-state index in [2.05, 4.69) is 59.1 Å². The van der Waals surface area contributed by atoms with Gasteiger partial charge in [-0.05, 0) is 44.5 Å². The van der Waals surface area contributed by atoms with Crippen LogP contribution in [0.3, 0.4) is 0 Å². The average Bonchev–Trinajstić information content (AvgIpc) is 2.39. The Balaban J connectivity index is 2.19. The van der Waals surface area contributed by atoms with E-state index in [1.807, 2.05) is 0 Å². The van der Waals surface area contributed by atoms with Crippen molar-refractivity contribution in [1.82, 2.24) is 4.90 Å². The normalized spacial score (nSPS) is 20.5. The first-order valence-corrected chi connectivity index (χ1v) is 8.12. The summed E-state index contributed by atoms with van der Waals surface area (Å²) in [4.78, 5) is 2.51. The van der Waals surface area contributed by atoms with E-state index in [0.29, 0.717) is 12.1 Å². The lowest BCUT2D eigenvalue weighted by Crippen LogP contribution is -2.43. The number of likely N-dealkylation sites (N-methyl/N-ethyl adjacent to an activating group) is 1. The summed E-state index contributed by atoms with van der Waals surface area (Å²) in [5.74, 6) is 0. The molecule has 0 spiro atoms. The summed E-state index contributed by atoms with van der Waals surface area (Å²) in [6, 6.07) is 9.70. The molecule has 0 radical (unpaired) electrons. The molecule has 2 nitrogen and oxygen atoms in total. The zero-order valence-electron chi connectivity index (χ0n) is 12.0. The molecular weight excluding hydrogens is 300 g/mol. The highest BCUT2D eigenvalue weighted by atomic mass is 79.9. The van der Waals surface area contributed by atoms with E-state index in [-0.39, 0.29) is 6.04 Å². The molecule has 1 aliphatic rings. The molecule has 1 aliphatic carbocycles. The van der Waals surface area contributed by atoms with Crippen molar-refractivity contribution >= 4 is 15.9 Å². The van der Waals surface area contributed by atoms with E-state index in [9.17, 15) is 0 Å². The van der Waals surface area contributed by atoms with Crippen molar-refractivity contribution in [1.29, 1.82) is 0 Å². The van der Waals surface area contributed by atoms with Crippen LogP contribution < -0.4 is 5.73 Å². The monoisotopic (exact) mass is 324 g/mol. The fourth-order valence-corrected chi connectivity index (χ4v) is 3.73. The molecule has 0 aromatic heterocycles. The smallest absolute Gasteiger partial charge is 0.0496 e. The molecule has 1 saturated carbocycles. The van der Waals surface area contributed by atoms with Gasteiger partial charge in [-0.3, -0.25) is 4.90 Å². The molecule has 3 heteroatoms. The summed E-state index contributed by atoms with van der Waals surface area (Å²) in [5.41, 5.74) is 7.59. The molecule has 19 heavy (non-hydrogen) atoms. The predicted octanol–water partition coefficient (Wildman–Crippen LogP) is 4.10. The molecule has 0 heterocycles. The fraction of sp³-hybridized carbons (Fsp3) is 0.625. The van der Waals surface area contributed by atoms with Crippen LogP contribution in [0, 0.1) is 0 Å². The lowest BCUT2D eigenvalue weighted by Gasteiger charge is -2.39. The van der Waals surface area contributed by atoms with Crippen molar-refractivity contribution in [2.45, 2.75) is 57.2 Å². The van der Waals surface area contributed by atoms with Crippen LogP contribution in [0.4, 0.5) is 0 Å². The third-order valence-electron chi connectivity index (χ3n) is 4.28. The van der Waals surface area contributed by atoms with Crippen molar-refractivity contribution in [3.8, 4) is 0 Å². The second-order valence-electron chi connectivity index (χ2n) is 5.82. The maximum atomic E-state index is 6.27. The van der Waals surface area contributed by atoms with Gasteiger partial charge in [0.15, 0.2) is 0 Å². The molecule has 0 saturated heterocycles. The molecule has 1 fully saturated rings. The quantitative estimate of drug-likeness (QED) is 0.903. The Morgan fingerprint density at radius 2 is 1.95 bits per heavy atom. The van der Waals surface area contributed by atoms with Crippen molar-refractivity contribution < 1.29 is 0 Å². The van der Waals surface area contributed by atoms with Crippen LogP contribution in [-0.2, 0) is 0 Å². The van der Waals surface area contributed by atoms with Crippen molar-refractivity contribution in [3.63, 3.8) is 0 Å². The number of rotatable bonds is 4. The van der Waals surface area contributed by atoms with Gasteiger partial charge in [0, 0.05) is 22.6 Å². The predicted molar refractivity (Wildman–Crippen MR) is 85.2 cm³/mol. The minimum absolute atomic E-state index is 0.140. The van der Waals surface area contributed by atoms with Crippen LogP contribution in [0.5, 0.6) is 0 Å². The molecule has 1 aromatic rings. The van der Waals surface area contributed by atoms with E-state index in [1.165, 1.54) is 37.7 Å². The average molecular weight is 325 g/mol. The summed E-state index contributed by atoms with van der Waals surface area (Å²) in [5, 5.41) is 0. The zero-order valence-corrected chi connectivity index (χ0v) is 13.6. The Labute approximate surface area is 125 Å². The van der Waals surface area contributed by atoms with E-state index in [4.69, 9.17) is 5.73 Å². The van der Waals surface area contributed by atoms with Crippen LogP contribution in [0.25, 0.3) is 0 Å². The van der Waals surface area contributed by atoms with Gasteiger partial charge in [0.25, 0.3) is 0 Å². The standard InChI is InChI=1S/C16H25BrN2/c1-12(18)16(13-7-6-8-14(17)11-13)19(2)15-9-4-3-5-10-15/h6-8,11-12,15-16H,3-5,9-10,18H2,1-2H3. The lowest BCUT2D eigenvalue weighted by atomic mass is 9.91. The van der Waals surface area contributed by atoms with Crippen LogP contribution in [0.1, 0.15) is 50.6 Å². The topological polar surface area (TPSA) is 29.3 Å². The van der Waals surface area contributed by atoms with Gasteiger partial charge in [0.2, 0.25) is 0 Å². The highest BCUT2D eigenvalue weighted by Crippen LogP contribution is 2.31. The van der Waals surface area contributed by atoms with Gasteiger partial charge >= 0.3 is 0 Å². The Hall–Kier alpha value is -0.380. The maximum Gasteiger partial charge on any atom is 0.0496 e. The summed E-state index contributed by atoms with van der Waals surface area (Å²) >= 11 is 3.57. The first kappa shape index (κ1) is 15.0. The van der Waals surface area contributed by atoms with Crippen LogP contribution in [0.15, 0.2) is 28.7 Å². The third kappa shape index (κ3) is 3.80. The summed E-state index contributed by atoms with van der Waals surface area (Å²) in [7, 11) is 2.24. The number of halogens is 1. The highest BCUT2D eigenvalue weighted by Gasteiger charge is 2.28.